The molecule has 0 aromatic heterocycles. The molecule has 2 saturated heterocycles. The van der Waals surface area contributed by atoms with Crippen LogP contribution < -0.4 is 4.74 Å². The highest BCUT2D eigenvalue weighted by atomic mass is 32.2. The molecule has 39 heavy (non-hydrogen) atoms. The summed E-state index contributed by atoms with van der Waals surface area (Å²) in [5, 5.41) is 0. The van der Waals surface area contributed by atoms with Crippen LogP contribution in [-0.4, -0.2) is 74.8 Å². The van der Waals surface area contributed by atoms with E-state index in [2.05, 4.69) is 29.2 Å². The average Bonchev–Trinajstić information content (AvgIpc) is 2.98. The molecule has 2 heterocycles. The van der Waals surface area contributed by atoms with Crippen molar-refractivity contribution in [2.24, 2.45) is 5.92 Å². The lowest BCUT2D eigenvalue weighted by Crippen LogP contribution is -2.53. The van der Waals surface area contributed by atoms with Crippen molar-refractivity contribution in [3.63, 3.8) is 0 Å². The van der Waals surface area contributed by atoms with Gasteiger partial charge in [0.15, 0.2) is 0 Å². The van der Waals surface area contributed by atoms with Gasteiger partial charge in [-0.1, -0.05) is 60.7 Å². The number of rotatable bonds is 7. The number of ether oxygens (including phenoxy) is 1. The Morgan fingerprint density at radius 3 is 2.10 bits per heavy atom. The summed E-state index contributed by atoms with van der Waals surface area (Å²) in [5.41, 5.74) is 2.42. The molecule has 5 rings (SSSR count). The van der Waals surface area contributed by atoms with Gasteiger partial charge in [-0.3, -0.25) is 9.69 Å². The van der Waals surface area contributed by atoms with Crippen LogP contribution in [0.5, 0.6) is 5.75 Å². The van der Waals surface area contributed by atoms with Crippen LogP contribution in [0.2, 0.25) is 0 Å². The molecule has 0 spiro atoms. The van der Waals surface area contributed by atoms with E-state index >= 15 is 0 Å². The molecule has 9 heteroatoms. The molecule has 1 amide bonds. The second-order valence-electron chi connectivity index (χ2n) is 10.1. The van der Waals surface area contributed by atoms with Crippen molar-refractivity contribution in [3.8, 4) is 5.75 Å². The number of carbonyl (C=O) groups excluding carboxylic acids is 1. The fourth-order valence-electron chi connectivity index (χ4n) is 5.70. The normalized spacial score (nSPS) is 19.3. The Kier molecular flexibility index (Phi) is 8.30. The zero-order valence-electron chi connectivity index (χ0n) is 22.1. The van der Waals surface area contributed by atoms with Gasteiger partial charge in [-0.05, 0) is 42.2 Å². The minimum atomic E-state index is -4.02. The van der Waals surface area contributed by atoms with Gasteiger partial charge in [0.05, 0.1) is 19.1 Å². The van der Waals surface area contributed by atoms with E-state index in [0.717, 1.165) is 19.2 Å². The zero-order valence-corrected chi connectivity index (χ0v) is 22.9. The predicted molar refractivity (Wildman–Crippen MR) is 147 cm³/mol. The van der Waals surface area contributed by atoms with Gasteiger partial charge < -0.3 is 9.64 Å². The van der Waals surface area contributed by atoms with E-state index in [0.29, 0.717) is 25.9 Å². The molecular formula is C30H34FN3O4S. The third-order valence-corrected chi connectivity index (χ3v) is 9.58. The van der Waals surface area contributed by atoms with Gasteiger partial charge in [-0.15, -0.1) is 0 Å². The number of benzene rings is 3. The first-order valence-electron chi connectivity index (χ1n) is 13.3. The number of hydrogen-bond acceptors (Lipinski definition) is 5. The van der Waals surface area contributed by atoms with E-state index in [-0.39, 0.29) is 35.7 Å². The summed E-state index contributed by atoms with van der Waals surface area (Å²) >= 11 is 0. The number of sulfonamides is 1. The van der Waals surface area contributed by atoms with Gasteiger partial charge in [0.25, 0.3) is 0 Å². The first-order valence-corrected chi connectivity index (χ1v) is 14.8. The number of methoxy groups -OCH3 is 1. The molecule has 0 aliphatic carbocycles. The lowest BCUT2D eigenvalue weighted by molar-refractivity contribution is -0.138. The number of piperazine rings is 1. The standard InChI is InChI=1S/C30H34FN3O4S/c1-38-27-15-14-26(31)21-28(27)39(36,37)34-16-8-13-25(22-34)30(35)33-19-17-32(18-20-33)29(23-9-4-2-5-10-23)24-11-6-3-7-12-24/h2-7,9-12,14-15,21,25,29H,8,13,16-20,22H2,1H3. The third kappa shape index (κ3) is 5.85. The number of nitrogens with zero attached hydrogens (tertiary/aromatic N) is 3. The molecule has 0 N–H and O–H groups in total. The number of carbonyl (C=O) groups is 1. The second-order valence-corrected chi connectivity index (χ2v) is 12.0. The van der Waals surface area contributed by atoms with Crippen molar-refractivity contribution in [2.45, 2.75) is 23.8 Å². The molecule has 206 valence electrons. The fraction of sp³-hybridized carbons (Fsp3) is 0.367. The molecule has 0 saturated carbocycles. The Balaban J connectivity index is 1.27. The highest BCUT2D eigenvalue weighted by Gasteiger charge is 2.37. The van der Waals surface area contributed by atoms with Crippen LogP contribution in [0.15, 0.2) is 83.8 Å². The molecule has 2 aliphatic rings. The van der Waals surface area contributed by atoms with E-state index in [4.69, 9.17) is 4.74 Å². The SMILES string of the molecule is COc1ccc(F)cc1S(=O)(=O)N1CCCC(C(=O)N2CCN(C(c3ccccc3)c3ccccc3)CC2)C1. The molecule has 3 aromatic rings. The summed E-state index contributed by atoms with van der Waals surface area (Å²) in [6, 6.07) is 24.3. The third-order valence-electron chi connectivity index (χ3n) is 7.70. The molecule has 2 fully saturated rings. The first kappa shape index (κ1) is 27.3. The maximum atomic E-state index is 13.9. The van der Waals surface area contributed by atoms with Gasteiger partial charge in [-0.2, -0.15) is 4.31 Å². The Morgan fingerprint density at radius 1 is 0.897 bits per heavy atom. The number of piperidine rings is 1. The zero-order chi connectivity index (χ0) is 27.4. The average molecular weight is 552 g/mol. The summed E-state index contributed by atoms with van der Waals surface area (Å²) in [6.45, 7) is 2.96. The summed E-state index contributed by atoms with van der Waals surface area (Å²) in [4.78, 5) is 17.6. The number of halogens is 1. The van der Waals surface area contributed by atoms with Crippen LogP contribution in [-0.2, 0) is 14.8 Å². The molecular weight excluding hydrogens is 517 g/mol. The number of amides is 1. The summed E-state index contributed by atoms with van der Waals surface area (Å²) < 4.78 is 47.2. The second kappa shape index (κ2) is 11.9. The van der Waals surface area contributed by atoms with Gasteiger partial charge in [0, 0.05) is 39.3 Å². The molecule has 3 aromatic carbocycles. The smallest absolute Gasteiger partial charge is 0.246 e. The van der Waals surface area contributed by atoms with E-state index in [9.17, 15) is 17.6 Å². The largest absolute Gasteiger partial charge is 0.495 e. The van der Waals surface area contributed by atoms with Crippen LogP contribution in [0.4, 0.5) is 4.39 Å². The molecule has 0 radical (unpaired) electrons. The van der Waals surface area contributed by atoms with Gasteiger partial charge in [0.2, 0.25) is 15.9 Å². The van der Waals surface area contributed by atoms with Gasteiger partial charge >= 0.3 is 0 Å². The van der Waals surface area contributed by atoms with E-state index in [1.54, 1.807) is 0 Å². The lowest BCUT2D eigenvalue weighted by Gasteiger charge is -2.41. The van der Waals surface area contributed by atoms with Crippen molar-refractivity contribution >= 4 is 15.9 Å². The highest BCUT2D eigenvalue weighted by molar-refractivity contribution is 7.89. The Morgan fingerprint density at radius 2 is 1.51 bits per heavy atom. The van der Waals surface area contributed by atoms with Crippen molar-refractivity contribution in [1.29, 1.82) is 0 Å². The monoisotopic (exact) mass is 551 g/mol. The molecule has 0 bridgehead atoms. The molecule has 1 unspecified atom stereocenters. The number of hydrogen-bond donors (Lipinski definition) is 0. The van der Waals surface area contributed by atoms with Crippen molar-refractivity contribution in [2.75, 3.05) is 46.4 Å². The van der Waals surface area contributed by atoms with Crippen LogP contribution in [0.25, 0.3) is 0 Å². The van der Waals surface area contributed by atoms with Gasteiger partial charge in [0.1, 0.15) is 16.5 Å². The summed E-state index contributed by atoms with van der Waals surface area (Å²) in [5.74, 6) is -1.01. The van der Waals surface area contributed by atoms with Crippen LogP contribution in [0, 0.1) is 11.7 Å². The molecule has 2 aliphatic heterocycles. The van der Waals surface area contributed by atoms with E-state index in [1.807, 2.05) is 41.3 Å². The van der Waals surface area contributed by atoms with Crippen LogP contribution in [0.1, 0.15) is 30.0 Å². The fourth-order valence-corrected chi connectivity index (χ4v) is 7.39. The lowest BCUT2D eigenvalue weighted by atomic mass is 9.95. The van der Waals surface area contributed by atoms with Crippen molar-refractivity contribution in [1.82, 2.24) is 14.1 Å². The van der Waals surface area contributed by atoms with E-state index < -0.39 is 21.8 Å². The Hall–Kier alpha value is -3.27. The topological polar surface area (TPSA) is 70.2 Å². The van der Waals surface area contributed by atoms with Crippen LogP contribution >= 0.6 is 0 Å². The molecule has 1 atom stereocenters. The minimum Gasteiger partial charge on any atom is -0.495 e. The quantitative estimate of drug-likeness (QED) is 0.441. The maximum Gasteiger partial charge on any atom is 0.246 e. The predicted octanol–water partition coefficient (Wildman–Crippen LogP) is 4.17. The molecule has 7 nitrogen and oxygen atoms in total. The Bertz CT molecular complexity index is 1340. The summed E-state index contributed by atoms with van der Waals surface area (Å²) in [6.07, 6.45) is 1.19. The highest BCUT2D eigenvalue weighted by Crippen LogP contribution is 2.32. The first-order chi connectivity index (χ1) is 18.9. The maximum absolute atomic E-state index is 13.9. The summed E-state index contributed by atoms with van der Waals surface area (Å²) in [7, 11) is -2.66. The Labute approximate surface area is 229 Å². The minimum absolute atomic E-state index is 0.0169. The van der Waals surface area contributed by atoms with Crippen molar-refractivity contribution < 1.29 is 22.3 Å². The van der Waals surface area contributed by atoms with Gasteiger partial charge in [-0.25, -0.2) is 12.8 Å². The van der Waals surface area contributed by atoms with Crippen molar-refractivity contribution in [3.05, 3.63) is 95.8 Å². The van der Waals surface area contributed by atoms with E-state index in [1.165, 1.54) is 34.7 Å². The van der Waals surface area contributed by atoms with Crippen LogP contribution in [0.3, 0.4) is 0 Å².